The van der Waals surface area contributed by atoms with Crippen LogP contribution in [0.25, 0.3) is 11.3 Å². The molecule has 1 amide bonds. The van der Waals surface area contributed by atoms with Crippen molar-refractivity contribution in [2.24, 2.45) is 0 Å². The summed E-state index contributed by atoms with van der Waals surface area (Å²) >= 11 is 0. The normalized spacial score (nSPS) is 11.1. The number of nitrogens with one attached hydrogen (secondary N) is 2. The molecule has 34 heavy (non-hydrogen) atoms. The molecule has 0 atom stereocenters. The number of hydrogen-bond acceptors (Lipinski definition) is 8. The Hall–Kier alpha value is -4.45. The van der Waals surface area contributed by atoms with Crippen LogP contribution in [0.1, 0.15) is 5.69 Å². The molecule has 172 valence electrons. The Bertz CT molecular complexity index is 1490. The Morgan fingerprint density at radius 3 is 2.53 bits per heavy atom. The Morgan fingerprint density at radius 1 is 1.03 bits per heavy atom. The van der Waals surface area contributed by atoms with Crippen LogP contribution in [0.5, 0.6) is 0 Å². The molecule has 1 aromatic carbocycles. The second-order valence-corrected chi connectivity index (χ2v) is 8.84. The van der Waals surface area contributed by atoms with E-state index in [0.717, 1.165) is 4.68 Å². The van der Waals surface area contributed by atoms with Crippen molar-refractivity contribution in [1.82, 2.24) is 24.7 Å². The summed E-state index contributed by atoms with van der Waals surface area (Å²) in [6.07, 6.45) is 4.67. The second-order valence-electron chi connectivity index (χ2n) is 7.16. The van der Waals surface area contributed by atoms with Crippen LogP contribution in [-0.4, -0.2) is 39.1 Å². The molecule has 0 saturated carbocycles. The molecule has 0 unspecified atom stereocenters. The summed E-state index contributed by atoms with van der Waals surface area (Å²) in [5.74, 6) is -0.538. The van der Waals surface area contributed by atoms with Gasteiger partial charge in [-0.25, -0.2) is 27.8 Å². The van der Waals surface area contributed by atoms with Gasteiger partial charge >= 0.3 is 0 Å². The predicted molar refractivity (Wildman–Crippen MR) is 124 cm³/mol. The van der Waals surface area contributed by atoms with Gasteiger partial charge in [0.2, 0.25) is 11.9 Å². The lowest BCUT2D eigenvalue weighted by molar-refractivity contribution is -0.117. The molecular weight excluding hydrogens is 458 g/mol. The minimum Gasteiger partial charge on any atom is -0.324 e. The maximum atomic E-state index is 12.5. The molecule has 0 fully saturated rings. The van der Waals surface area contributed by atoms with Crippen LogP contribution >= 0.6 is 0 Å². The number of pyridine rings is 1. The number of rotatable bonds is 7. The number of carbonyl (C=O) groups is 1. The van der Waals surface area contributed by atoms with Gasteiger partial charge in [-0.3, -0.25) is 14.6 Å². The van der Waals surface area contributed by atoms with E-state index in [1.165, 1.54) is 36.5 Å². The molecule has 0 aliphatic heterocycles. The average Bonchev–Trinajstić information content (AvgIpc) is 2.81. The van der Waals surface area contributed by atoms with E-state index in [2.05, 4.69) is 30.1 Å². The highest BCUT2D eigenvalue weighted by Gasteiger charge is 2.16. The number of benzene rings is 1. The molecule has 12 heteroatoms. The molecule has 0 radical (unpaired) electrons. The van der Waals surface area contributed by atoms with Gasteiger partial charge in [0.15, 0.2) is 0 Å². The lowest BCUT2D eigenvalue weighted by atomic mass is 10.2. The highest BCUT2D eigenvalue weighted by atomic mass is 32.2. The monoisotopic (exact) mass is 477 g/mol. The zero-order valence-electron chi connectivity index (χ0n) is 17.9. The zero-order valence-corrected chi connectivity index (χ0v) is 18.7. The summed E-state index contributed by atoms with van der Waals surface area (Å²) in [6.45, 7) is 1.40. The summed E-state index contributed by atoms with van der Waals surface area (Å²) in [5, 5.41) is 6.84. The molecule has 0 saturated heterocycles. The largest absolute Gasteiger partial charge is 0.324 e. The van der Waals surface area contributed by atoms with E-state index in [9.17, 15) is 18.0 Å². The van der Waals surface area contributed by atoms with Gasteiger partial charge in [0, 0.05) is 41.6 Å². The first-order valence-electron chi connectivity index (χ1n) is 10.0. The Balaban J connectivity index is 1.44. The summed E-state index contributed by atoms with van der Waals surface area (Å²) in [4.78, 5) is 36.5. The van der Waals surface area contributed by atoms with Gasteiger partial charge in [-0.1, -0.05) is 0 Å². The van der Waals surface area contributed by atoms with Crippen molar-refractivity contribution in [3.63, 3.8) is 0 Å². The number of aryl methyl sites for hydroxylation is 1. The molecule has 0 bridgehead atoms. The van der Waals surface area contributed by atoms with Gasteiger partial charge in [-0.05, 0) is 55.5 Å². The molecule has 11 nitrogen and oxygen atoms in total. The summed E-state index contributed by atoms with van der Waals surface area (Å²) in [6, 6.07) is 13.6. The van der Waals surface area contributed by atoms with E-state index in [1.54, 1.807) is 43.6 Å². The van der Waals surface area contributed by atoms with Gasteiger partial charge in [0.25, 0.3) is 15.6 Å². The van der Waals surface area contributed by atoms with Crippen molar-refractivity contribution < 1.29 is 13.2 Å². The van der Waals surface area contributed by atoms with E-state index in [4.69, 9.17) is 0 Å². The van der Waals surface area contributed by atoms with Crippen molar-refractivity contribution in [1.29, 1.82) is 0 Å². The topological polar surface area (TPSA) is 149 Å². The van der Waals surface area contributed by atoms with E-state index >= 15 is 0 Å². The van der Waals surface area contributed by atoms with Crippen LogP contribution in [0.15, 0.2) is 82.9 Å². The minimum absolute atomic E-state index is 0.0299. The third-order valence-electron chi connectivity index (χ3n) is 4.59. The van der Waals surface area contributed by atoms with Crippen molar-refractivity contribution in [2.75, 3.05) is 10.0 Å². The Labute approximate surface area is 194 Å². The number of hydrogen-bond donors (Lipinski definition) is 2. The molecule has 3 aromatic heterocycles. The van der Waals surface area contributed by atoms with Crippen molar-refractivity contribution in [2.45, 2.75) is 18.4 Å². The number of carbonyl (C=O) groups excluding carboxylic acids is 1. The predicted octanol–water partition coefficient (Wildman–Crippen LogP) is 1.84. The molecule has 2 N–H and O–H groups in total. The van der Waals surface area contributed by atoms with Gasteiger partial charge in [0.05, 0.1) is 10.6 Å². The van der Waals surface area contributed by atoms with Gasteiger partial charge in [0.1, 0.15) is 6.54 Å². The van der Waals surface area contributed by atoms with Gasteiger partial charge in [-0.2, -0.15) is 5.10 Å². The maximum absolute atomic E-state index is 12.5. The number of anilines is 2. The van der Waals surface area contributed by atoms with Crippen LogP contribution in [-0.2, 0) is 21.4 Å². The van der Waals surface area contributed by atoms with Crippen molar-refractivity contribution >= 4 is 27.6 Å². The molecule has 4 aromatic rings. The van der Waals surface area contributed by atoms with E-state index in [0.29, 0.717) is 22.6 Å². The highest BCUT2D eigenvalue weighted by molar-refractivity contribution is 7.92. The fourth-order valence-corrected chi connectivity index (χ4v) is 3.91. The number of aromatic nitrogens is 5. The number of sulfonamides is 1. The first-order chi connectivity index (χ1) is 16.3. The highest BCUT2D eigenvalue weighted by Crippen LogP contribution is 2.17. The second kappa shape index (κ2) is 9.58. The molecule has 0 spiro atoms. The van der Waals surface area contributed by atoms with Crippen LogP contribution in [0, 0.1) is 6.92 Å². The molecular formula is C22H19N7O4S. The SMILES string of the molecule is Cc1ccnc(NS(=O)(=O)c2ccc(NC(=O)Cn3nc(-c4cccnc4)ccc3=O)cc2)n1. The van der Waals surface area contributed by atoms with E-state index in [-0.39, 0.29) is 17.4 Å². The lowest BCUT2D eigenvalue weighted by Crippen LogP contribution is -2.29. The smallest absolute Gasteiger partial charge is 0.267 e. The fraction of sp³-hybridized carbons (Fsp3) is 0.0909. The lowest BCUT2D eigenvalue weighted by Gasteiger charge is -2.10. The summed E-state index contributed by atoms with van der Waals surface area (Å²) < 4.78 is 28.4. The number of nitrogens with zero attached hydrogens (tertiary/aromatic N) is 5. The quantitative estimate of drug-likeness (QED) is 0.410. The first kappa shape index (κ1) is 22.7. The van der Waals surface area contributed by atoms with Crippen LogP contribution < -0.4 is 15.6 Å². The zero-order chi connectivity index (χ0) is 24.1. The van der Waals surface area contributed by atoms with E-state index < -0.39 is 21.5 Å². The Morgan fingerprint density at radius 2 is 1.82 bits per heavy atom. The van der Waals surface area contributed by atoms with Crippen LogP contribution in [0.3, 0.4) is 0 Å². The fourth-order valence-electron chi connectivity index (χ4n) is 2.96. The Kier molecular flexibility index (Phi) is 6.41. The third-order valence-corrected chi connectivity index (χ3v) is 5.93. The molecule has 3 heterocycles. The van der Waals surface area contributed by atoms with Crippen molar-refractivity contribution in [3.8, 4) is 11.3 Å². The minimum atomic E-state index is -3.91. The number of amides is 1. The third kappa shape index (κ3) is 5.48. The van der Waals surface area contributed by atoms with Crippen molar-refractivity contribution in [3.05, 3.63) is 89.2 Å². The average molecular weight is 478 g/mol. The van der Waals surface area contributed by atoms with Crippen LogP contribution in [0.4, 0.5) is 11.6 Å². The maximum Gasteiger partial charge on any atom is 0.267 e. The molecule has 0 aliphatic rings. The molecule has 0 aliphatic carbocycles. The summed E-state index contributed by atoms with van der Waals surface area (Å²) in [7, 11) is -3.91. The summed E-state index contributed by atoms with van der Waals surface area (Å²) in [5.41, 5.74) is 1.74. The van der Waals surface area contributed by atoms with Crippen LogP contribution in [0.2, 0.25) is 0 Å². The standard InChI is InChI=1S/C22H19N7O4S/c1-15-10-12-24-22(25-15)28-34(32,33)18-6-4-17(5-7-18)26-20(30)14-29-21(31)9-8-19(27-29)16-3-2-11-23-13-16/h2-13H,14H2,1H3,(H,26,30)(H,24,25,28). The van der Waals surface area contributed by atoms with Gasteiger partial charge in [-0.15, -0.1) is 0 Å². The van der Waals surface area contributed by atoms with Gasteiger partial charge < -0.3 is 5.32 Å². The first-order valence-corrected chi connectivity index (χ1v) is 11.5. The molecule has 4 rings (SSSR count). The van der Waals surface area contributed by atoms with E-state index in [1.807, 2.05) is 0 Å².